The van der Waals surface area contributed by atoms with Crippen LogP contribution in [0.5, 0.6) is 17.2 Å². The largest absolute Gasteiger partial charge is 0.506 e. The van der Waals surface area contributed by atoms with Gasteiger partial charge in [0, 0.05) is 11.3 Å². The first-order chi connectivity index (χ1) is 13.3. The Labute approximate surface area is 180 Å². The molecule has 1 unspecified atom stereocenters. The van der Waals surface area contributed by atoms with Gasteiger partial charge in [0.15, 0.2) is 17.3 Å². The maximum atomic E-state index is 13.6. The molecule has 7 nitrogen and oxygen atoms in total. The third kappa shape index (κ3) is 5.02. The number of methoxy groups -OCH3 is 1. The molecule has 0 saturated heterocycles. The second-order valence-corrected chi connectivity index (χ2v) is 9.43. The molecule has 0 heterocycles. The second kappa shape index (κ2) is 9.98. The molecular formula is C18H22Br2NO6P. The van der Waals surface area contributed by atoms with Crippen molar-refractivity contribution in [3.8, 4) is 17.2 Å². The zero-order valence-electron chi connectivity index (χ0n) is 15.6. The molecule has 0 radical (unpaired) electrons. The third-order valence-corrected chi connectivity index (χ3v) is 7.28. The first kappa shape index (κ1) is 23.0. The quantitative estimate of drug-likeness (QED) is 0.266. The van der Waals surface area contributed by atoms with E-state index in [1.807, 2.05) is 0 Å². The molecule has 0 bridgehead atoms. The van der Waals surface area contributed by atoms with Crippen LogP contribution in [0.15, 0.2) is 39.3 Å². The molecule has 2 aromatic rings. The number of aromatic hydroxyl groups is 2. The molecule has 0 aliphatic carbocycles. The molecule has 0 spiro atoms. The van der Waals surface area contributed by atoms with Crippen LogP contribution in [0.25, 0.3) is 0 Å². The Hall–Kier alpha value is -1.25. The first-order valence-electron chi connectivity index (χ1n) is 8.46. The lowest BCUT2D eigenvalue weighted by molar-refractivity contribution is 0.213. The minimum Gasteiger partial charge on any atom is -0.506 e. The summed E-state index contributed by atoms with van der Waals surface area (Å²) in [6.45, 7) is 3.73. The van der Waals surface area contributed by atoms with E-state index in [1.54, 1.807) is 44.2 Å². The molecule has 1 atom stereocenters. The van der Waals surface area contributed by atoms with Crippen molar-refractivity contribution in [2.75, 3.05) is 25.6 Å². The molecule has 0 aromatic heterocycles. The van der Waals surface area contributed by atoms with Crippen molar-refractivity contribution < 1.29 is 28.6 Å². The predicted molar refractivity (Wildman–Crippen MR) is 115 cm³/mol. The maximum Gasteiger partial charge on any atom is 0.357 e. The van der Waals surface area contributed by atoms with Crippen LogP contribution in [0.4, 0.5) is 5.69 Å². The van der Waals surface area contributed by atoms with E-state index in [2.05, 4.69) is 37.2 Å². The van der Waals surface area contributed by atoms with Crippen molar-refractivity contribution in [3.05, 3.63) is 44.8 Å². The summed E-state index contributed by atoms with van der Waals surface area (Å²) in [6.07, 6.45) is 0. The SMILES string of the molecule is CCOP(=O)(OCC)C(Nc1cc(Br)c(O)c(Br)c1)c1cccc(OC)c1O. The summed E-state index contributed by atoms with van der Waals surface area (Å²) in [6, 6.07) is 8.12. The summed E-state index contributed by atoms with van der Waals surface area (Å²) in [5, 5.41) is 23.7. The summed E-state index contributed by atoms with van der Waals surface area (Å²) >= 11 is 6.54. The van der Waals surface area contributed by atoms with Gasteiger partial charge in [-0.2, -0.15) is 0 Å². The van der Waals surface area contributed by atoms with E-state index in [9.17, 15) is 14.8 Å². The van der Waals surface area contributed by atoms with E-state index in [0.29, 0.717) is 20.2 Å². The van der Waals surface area contributed by atoms with Crippen molar-refractivity contribution in [2.24, 2.45) is 0 Å². The van der Waals surface area contributed by atoms with Crippen LogP contribution < -0.4 is 10.1 Å². The van der Waals surface area contributed by atoms with Crippen LogP contribution in [0.3, 0.4) is 0 Å². The molecule has 3 N–H and O–H groups in total. The van der Waals surface area contributed by atoms with Gasteiger partial charge in [-0.15, -0.1) is 0 Å². The number of hydrogen-bond donors (Lipinski definition) is 3. The number of halogens is 2. The molecular weight excluding hydrogens is 517 g/mol. The van der Waals surface area contributed by atoms with E-state index in [0.717, 1.165) is 0 Å². The van der Waals surface area contributed by atoms with E-state index in [1.165, 1.54) is 7.11 Å². The summed E-state index contributed by atoms with van der Waals surface area (Å²) in [5.74, 6) is -0.925. The Morgan fingerprint density at radius 1 is 1.07 bits per heavy atom. The maximum absolute atomic E-state index is 13.6. The average molecular weight is 539 g/mol. The monoisotopic (exact) mass is 537 g/mol. The highest BCUT2D eigenvalue weighted by molar-refractivity contribution is 9.11. The van der Waals surface area contributed by atoms with E-state index < -0.39 is 13.4 Å². The van der Waals surface area contributed by atoms with Gasteiger partial charge in [-0.05, 0) is 63.9 Å². The van der Waals surface area contributed by atoms with Crippen LogP contribution in [-0.2, 0) is 13.6 Å². The van der Waals surface area contributed by atoms with Crippen molar-refractivity contribution in [1.82, 2.24) is 0 Å². The van der Waals surface area contributed by atoms with Gasteiger partial charge in [-0.3, -0.25) is 4.57 Å². The fourth-order valence-corrected chi connectivity index (χ4v) is 5.74. The van der Waals surface area contributed by atoms with Crippen molar-refractivity contribution in [1.29, 1.82) is 0 Å². The zero-order valence-corrected chi connectivity index (χ0v) is 19.7. The minimum absolute atomic E-state index is 0.0316. The van der Waals surface area contributed by atoms with Crippen LogP contribution >= 0.6 is 39.5 Å². The van der Waals surface area contributed by atoms with Crippen molar-refractivity contribution in [2.45, 2.75) is 19.6 Å². The Bertz CT molecular complexity index is 846. The van der Waals surface area contributed by atoms with Crippen LogP contribution in [0.2, 0.25) is 0 Å². The third-order valence-electron chi connectivity index (χ3n) is 3.80. The topological polar surface area (TPSA) is 97.3 Å². The molecule has 28 heavy (non-hydrogen) atoms. The van der Waals surface area contributed by atoms with Crippen LogP contribution in [0.1, 0.15) is 25.2 Å². The normalized spacial score (nSPS) is 12.6. The molecule has 2 rings (SSSR count). The lowest BCUT2D eigenvalue weighted by Crippen LogP contribution is -2.16. The number of nitrogens with one attached hydrogen (secondary N) is 1. The molecule has 0 amide bonds. The molecule has 10 heteroatoms. The molecule has 2 aromatic carbocycles. The molecule has 0 fully saturated rings. The van der Waals surface area contributed by atoms with Gasteiger partial charge >= 0.3 is 7.60 Å². The van der Waals surface area contributed by atoms with E-state index in [-0.39, 0.29) is 30.5 Å². The minimum atomic E-state index is -3.74. The Morgan fingerprint density at radius 2 is 1.64 bits per heavy atom. The van der Waals surface area contributed by atoms with Gasteiger partial charge in [0.1, 0.15) is 5.75 Å². The van der Waals surface area contributed by atoms with Gasteiger partial charge in [-0.1, -0.05) is 12.1 Å². The van der Waals surface area contributed by atoms with Gasteiger partial charge in [0.05, 0.1) is 29.3 Å². The van der Waals surface area contributed by atoms with Gasteiger partial charge in [0.25, 0.3) is 0 Å². The number of benzene rings is 2. The smallest absolute Gasteiger partial charge is 0.357 e. The molecule has 0 saturated carbocycles. The Morgan fingerprint density at radius 3 is 2.14 bits per heavy atom. The Balaban J connectivity index is 2.61. The highest BCUT2D eigenvalue weighted by Gasteiger charge is 2.39. The summed E-state index contributed by atoms with van der Waals surface area (Å²) in [7, 11) is -2.31. The highest BCUT2D eigenvalue weighted by Crippen LogP contribution is 2.62. The number of phenolic OH excluding ortho intramolecular Hbond substituents is 2. The standard InChI is InChI=1S/C18H22Br2NO6P/c1-4-26-28(24,27-5-2)18(12-7-6-8-15(25-3)16(12)22)21-11-9-13(19)17(23)14(20)10-11/h6-10,18,21-23H,4-5H2,1-3H3. The summed E-state index contributed by atoms with van der Waals surface area (Å²) in [4.78, 5) is 0. The van der Waals surface area contributed by atoms with E-state index in [4.69, 9.17) is 13.8 Å². The molecule has 0 aliphatic heterocycles. The number of rotatable bonds is 9. The van der Waals surface area contributed by atoms with Gasteiger partial charge in [-0.25, -0.2) is 0 Å². The number of anilines is 1. The number of para-hydroxylation sites is 1. The summed E-state index contributed by atoms with van der Waals surface area (Å²) in [5.41, 5.74) is 0.813. The Kier molecular flexibility index (Phi) is 8.21. The van der Waals surface area contributed by atoms with Crippen LogP contribution in [0, 0.1) is 0 Å². The highest BCUT2D eigenvalue weighted by atomic mass is 79.9. The van der Waals surface area contributed by atoms with Crippen molar-refractivity contribution in [3.63, 3.8) is 0 Å². The van der Waals surface area contributed by atoms with Gasteiger partial charge in [0.2, 0.25) is 0 Å². The lowest BCUT2D eigenvalue weighted by atomic mass is 10.1. The fourth-order valence-electron chi connectivity index (χ4n) is 2.60. The zero-order chi connectivity index (χ0) is 20.9. The number of hydrogen-bond acceptors (Lipinski definition) is 7. The average Bonchev–Trinajstić information content (AvgIpc) is 2.65. The van der Waals surface area contributed by atoms with Crippen molar-refractivity contribution >= 4 is 45.1 Å². The first-order valence-corrected chi connectivity index (χ1v) is 11.7. The predicted octanol–water partition coefficient (Wildman–Crippen LogP) is 6.01. The van der Waals surface area contributed by atoms with Crippen LogP contribution in [-0.4, -0.2) is 30.5 Å². The fraction of sp³-hybridized carbons (Fsp3) is 0.333. The lowest BCUT2D eigenvalue weighted by Gasteiger charge is -2.29. The van der Waals surface area contributed by atoms with E-state index >= 15 is 0 Å². The number of ether oxygens (including phenoxy) is 1. The molecule has 154 valence electrons. The second-order valence-electron chi connectivity index (χ2n) is 5.61. The number of phenols is 2. The molecule has 0 aliphatic rings. The van der Waals surface area contributed by atoms with Gasteiger partial charge < -0.3 is 29.3 Å². The summed E-state index contributed by atoms with van der Waals surface area (Å²) < 4.78 is 30.6.